The van der Waals surface area contributed by atoms with E-state index < -0.39 is 0 Å². The summed E-state index contributed by atoms with van der Waals surface area (Å²) < 4.78 is 0. The van der Waals surface area contributed by atoms with Crippen LogP contribution in [0.2, 0.25) is 0 Å². The molecule has 0 unspecified atom stereocenters. The number of H-pyrrole nitrogens is 1. The summed E-state index contributed by atoms with van der Waals surface area (Å²) in [5.41, 5.74) is 2.19. The van der Waals surface area contributed by atoms with E-state index in [0.717, 1.165) is 10.6 Å². The Balaban J connectivity index is 1.70. The summed E-state index contributed by atoms with van der Waals surface area (Å²) in [4.78, 5) is 25.4. The number of benzene rings is 1. The lowest BCUT2D eigenvalue weighted by atomic mass is 10.2. The zero-order valence-electron chi connectivity index (χ0n) is 13.0. The first kappa shape index (κ1) is 15.9. The highest BCUT2D eigenvalue weighted by atomic mass is 32.1. The van der Waals surface area contributed by atoms with Gasteiger partial charge in [-0.1, -0.05) is 18.2 Å². The lowest BCUT2D eigenvalue weighted by molar-refractivity contribution is -0.115. The number of carbonyl (C=O) groups excluding carboxylic acids is 2. The molecule has 0 aliphatic rings. The average molecular weight is 340 g/mol. The summed E-state index contributed by atoms with van der Waals surface area (Å²) in [6, 6.07) is 12.6. The third-order valence-corrected chi connectivity index (χ3v) is 4.18. The Morgan fingerprint density at radius 3 is 2.50 bits per heavy atom. The Labute approximate surface area is 142 Å². The maximum absolute atomic E-state index is 12.2. The van der Waals surface area contributed by atoms with Crippen LogP contribution in [0.3, 0.4) is 0 Å². The summed E-state index contributed by atoms with van der Waals surface area (Å²) in [5.74, 6) is -0.464. The van der Waals surface area contributed by atoms with Gasteiger partial charge in [0.25, 0.3) is 5.91 Å². The van der Waals surface area contributed by atoms with Crippen molar-refractivity contribution in [1.29, 1.82) is 0 Å². The zero-order valence-corrected chi connectivity index (χ0v) is 13.8. The molecule has 2 amide bonds. The summed E-state index contributed by atoms with van der Waals surface area (Å²) in [6.45, 7) is 1.82. The monoisotopic (exact) mass is 340 g/mol. The second-order valence-corrected chi connectivity index (χ2v) is 6.27. The van der Waals surface area contributed by atoms with Crippen LogP contribution in [-0.2, 0) is 11.2 Å². The van der Waals surface area contributed by atoms with Gasteiger partial charge in [0.05, 0.1) is 17.8 Å². The molecule has 0 spiro atoms. The third-order valence-electron chi connectivity index (χ3n) is 3.30. The van der Waals surface area contributed by atoms with E-state index in [1.807, 2.05) is 24.4 Å². The van der Waals surface area contributed by atoms with Crippen molar-refractivity contribution >= 4 is 34.5 Å². The van der Waals surface area contributed by atoms with E-state index in [9.17, 15) is 9.59 Å². The number of aryl methyl sites for hydroxylation is 1. The second kappa shape index (κ2) is 7.10. The first-order valence-corrected chi connectivity index (χ1v) is 8.24. The van der Waals surface area contributed by atoms with Crippen molar-refractivity contribution in [2.45, 2.75) is 13.3 Å². The highest BCUT2D eigenvalue weighted by molar-refractivity contribution is 7.10. The van der Waals surface area contributed by atoms with Gasteiger partial charge in [0.1, 0.15) is 0 Å². The summed E-state index contributed by atoms with van der Waals surface area (Å²) >= 11 is 1.53. The number of carbonyl (C=O) groups is 2. The first-order chi connectivity index (χ1) is 11.6. The van der Waals surface area contributed by atoms with Crippen molar-refractivity contribution in [3.8, 4) is 0 Å². The van der Waals surface area contributed by atoms with Gasteiger partial charge in [0, 0.05) is 10.6 Å². The molecule has 0 atom stereocenters. The van der Waals surface area contributed by atoms with E-state index in [-0.39, 0.29) is 11.8 Å². The Hall–Kier alpha value is -2.93. The van der Waals surface area contributed by atoms with Crippen LogP contribution >= 0.6 is 11.3 Å². The Morgan fingerprint density at radius 2 is 1.88 bits per heavy atom. The van der Waals surface area contributed by atoms with Gasteiger partial charge in [0.2, 0.25) is 5.91 Å². The third kappa shape index (κ3) is 3.88. The highest BCUT2D eigenvalue weighted by Crippen LogP contribution is 2.22. The van der Waals surface area contributed by atoms with Gasteiger partial charge < -0.3 is 10.6 Å². The van der Waals surface area contributed by atoms with Crippen molar-refractivity contribution in [3.63, 3.8) is 0 Å². The molecule has 2 heterocycles. The number of para-hydroxylation sites is 2. The molecule has 6 nitrogen and oxygen atoms in total. The molecule has 3 aromatic rings. The van der Waals surface area contributed by atoms with Gasteiger partial charge in [-0.05, 0) is 36.6 Å². The molecule has 0 saturated carbocycles. The minimum absolute atomic E-state index is 0.130. The number of hydrogen-bond acceptors (Lipinski definition) is 4. The van der Waals surface area contributed by atoms with Crippen molar-refractivity contribution in [2.24, 2.45) is 0 Å². The molecule has 24 heavy (non-hydrogen) atoms. The largest absolute Gasteiger partial charge is 0.324 e. The molecule has 0 bridgehead atoms. The van der Waals surface area contributed by atoms with Gasteiger partial charge >= 0.3 is 0 Å². The fourth-order valence-electron chi connectivity index (χ4n) is 2.19. The zero-order chi connectivity index (χ0) is 16.9. The molecule has 0 aliphatic carbocycles. The molecule has 3 N–H and O–H groups in total. The minimum atomic E-state index is -0.334. The number of thiophene rings is 1. The molecule has 0 saturated heterocycles. The highest BCUT2D eigenvalue weighted by Gasteiger charge is 2.13. The van der Waals surface area contributed by atoms with E-state index >= 15 is 0 Å². The number of hydrogen-bond donors (Lipinski definition) is 3. The van der Waals surface area contributed by atoms with Crippen LogP contribution in [0.15, 0.2) is 47.8 Å². The van der Waals surface area contributed by atoms with Crippen LogP contribution in [0.5, 0.6) is 0 Å². The van der Waals surface area contributed by atoms with Gasteiger partial charge in [-0.25, -0.2) is 0 Å². The second-order valence-electron chi connectivity index (χ2n) is 5.24. The van der Waals surface area contributed by atoms with Crippen LogP contribution in [0.1, 0.15) is 21.1 Å². The number of nitrogens with one attached hydrogen (secondary N) is 3. The molecule has 1 aromatic carbocycles. The Kier molecular flexibility index (Phi) is 4.72. The average Bonchev–Trinajstić information content (AvgIpc) is 3.21. The van der Waals surface area contributed by atoms with Crippen LogP contribution in [0.4, 0.5) is 11.4 Å². The SMILES string of the molecule is Cc1cc(C(=O)Nc2ccccc2NC(=O)Cc2cccs2)n[nH]1. The molecule has 0 fully saturated rings. The van der Waals surface area contributed by atoms with Crippen molar-refractivity contribution < 1.29 is 9.59 Å². The van der Waals surface area contributed by atoms with Crippen LogP contribution < -0.4 is 10.6 Å². The summed E-state index contributed by atoms with van der Waals surface area (Å²) in [5, 5.41) is 14.2. The van der Waals surface area contributed by atoms with E-state index in [2.05, 4.69) is 20.8 Å². The predicted octanol–water partition coefficient (Wildman–Crippen LogP) is 3.21. The lowest BCUT2D eigenvalue weighted by Gasteiger charge is -2.11. The van der Waals surface area contributed by atoms with Gasteiger partial charge in [-0.3, -0.25) is 14.7 Å². The van der Waals surface area contributed by atoms with Crippen molar-refractivity contribution in [3.05, 3.63) is 64.1 Å². The smallest absolute Gasteiger partial charge is 0.276 e. The van der Waals surface area contributed by atoms with Crippen LogP contribution in [-0.4, -0.2) is 22.0 Å². The summed E-state index contributed by atoms with van der Waals surface area (Å²) in [6.07, 6.45) is 0.304. The Bertz CT molecular complexity index is 855. The van der Waals surface area contributed by atoms with E-state index in [1.54, 1.807) is 30.3 Å². The van der Waals surface area contributed by atoms with E-state index in [0.29, 0.717) is 23.5 Å². The van der Waals surface area contributed by atoms with Crippen molar-refractivity contribution in [1.82, 2.24) is 10.2 Å². The number of nitrogens with zero attached hydrogens (tertiary/aromatic N) is 1. The van der Waals surface area contributed by atoms with Gasteiger partial charge in [-0.2, -0.15) is 5.10 Å². The fraction of sp³-hybridized carbons (Fsp3) is 0.118. The van der Waals surface area contributed by atoms with Gasteiger partial charge in [0.15, 0.2) is 5.69 Å². The molecule has 7 heteroatoms. The number of aromatic amines is 1. The Morgan fingerprint density at radius 1 is 1.12 bits per heavy atom. The molecule has 3 rings (SSSR count). The normalized spacial score (nSPS) is 10.4. The predicted molar refractivity (Wildman–Crippen MR) is 94.4 cm³/mol. The number of aromatic nitrogens is 2. The summed E-state index contributed by atoms with van der Waals surface area (Å²) in [7, 11) is 0. The number of rotatable bonds is 5. The van der Waals surface area contributed by atoms with E-state index in [4.69, 9.17) is 0 Å². The molecule has 0 aliphatic heterocycles. The molecule has 0 radical (unpaired) electrons. The minimum Gasteiger partial charge on any atom is -0.324 e. The standard InChI is InChI=1S/C17H16N4O2S/c1-11-9-15(21-20-11)17(23)19-14-7-3-2-6-13(14)18-16(22)10-12-5-4-8-24-12/h2-9H,10H2,1H3,(H,18,22)(H,19,23)(H,20,21). The fourth-order valence-corrected chi connectivity index (χ4v) is 2.89. The molecule has 122 valence electrons. The maximum Gasteiger partial charge on any atom is 0.276 e. The lowest BCUT2D eigenvalue weighted by Crippen LogP contribution is -2.18. The van der Waals surface area contributed by atoms with Crippen molar-refractivity contribution in [2.75, 3.05) is 10.6 Å². The quantitative estimate of drug-likeness (QED) is 0.666. The van der Waals surface area contributed by atoms with E-state index in [1.165, 1.54) is 11.3 Å². The van der Waals surface area contributed by atoms with Crippen LogP contribution in [0, 0.1) is 6.92 Å². The topological polar surface area (TPSA) is 86.9 Å². The molecule has 2 aromatic heterocycles. The number of amides is 2. The maximum atomic E-state index is 12.2. The van der Waals surface area contributed by atoms with Crippen LogP contribution in [0.25, 0.3) is 0 Å². The molecular formula is C17H16N4O2S. The number of anilines is 2. The van der Waals surface area contributed by atoms with Gasteiger partial charge in [-0.15, -0.1) is 11.3 Å². The first-order valence-electron chi connectivity index (χ1n) is 7.36. The molecular weight excluding hydrogens is 324 g/mol.